The number of carbonyl (C=O) groups excluding carboxylic acids is 1. The number of unbranched alkanes of at least 4 members (excludes halogenated alkanes) is 2. The maximum atomic E-state index is 11.1. The second kappa shape index (κ2) is 8.68. The molecule has 1 amide bonds. The van der Waals surface area contributed by atoms with Crippen LogP contribution < -0.4 is 5.32 Å². The molecule has 2 N–H and O–H groups in total. The van der Waals surface area contributed by atoms with Gasteiger partial charge in [-0.1, -0.05) is 0 Å². The van der Waals surface area contributed by atoms with Crippen LogP contribution in [0, 0.1) is 11.3 Å². The van der Waals surface area contributed by atoms with Crippen LogP contribution >= 0.6 is 0 Å². The molecule has 0 aliphatic rings. The van der Waals surface area contributed by atoms with Crippen LogP contribution in [-0.2, 0) is 14.3 Å². The van der Waals surface area contributed by atoms with Gasteiger partial charge in [-0.25, -0.2) is 4.79 Å². The number of rotatable bonds is 8. The molecule has 0 bridgehead atoms. The molecule has 0 saturated heterocycles. The summed E-state index contributed by atoms with van der Waals surface area (Å²) in [4.78, 5) is 21.9. The van der Waals surface area contributed by atoms with Crippen LogP contribution in [0.2, 0.25) is 0 Å². The molecule has 90 valence electrons. The van der Waals surface area contributed by atoms with Gasteiger partial charge >= 0.3 is 5.97 Å². The Morgan fingerprint density at radius 2 is 2.19 bits per heavy atom. The standard InChI is InChI=1S/C10H16N2O4/c1-16-7-9(13)12-8(10(14)15)5-3-2-4-6-11/h8H,2-5,7H2,1H3,(H,12,13)(H,14,15)/t8-/m1/s1. The van der Waals surface area contributed by atoms with Gasteiger partial charge in [-0.15, -0.1) is 0 Å². The van der Waals surface area contributed by atoms with Gasteiger partial charge in [0.1, 0.15) is 12.6 Å². The molecule has 6 heteroatoms. The number of carbonyl (C=O) groups is 2. The van der Waals surface area contributed by atoms with Crippen LogP contribution in [0.15, 0.2) is 0 Å². The van der Waals surface area contributed by atoms with E-state index in [0.717, 1.165) is 0 Å². The highest BCUT2D eigenvalue weighted by molar-refractivity contribution is 5.84. The maximum absolute atomic E-state index is 11.1. The lowest BCUT2D eigenvalue weighted by Crippen LogP contribution is -2.42. The predicted octanol–water partition coefficient (Wildman–Crippen LogP) is 0.286. The fraction of sp³-hybridized carbons (Fsp3) is 0.700. The molecule has 0 aromatic heterocycles. The molecule has 0 fully saturated rings. The molecule has 0 aliphatic carbocycles. The van der Waals surface area contributed by atoms with Gasteiger partial charge in [-0.05, 0) is 19.3 Å². The van der Waals surface area contributed by atoms with Gasteiger partial charge in [-0.2, -0.15) is 5.26 Å². The minimum Gasteiger partial charge on any atom is -0.480 e. The Morgan fingerprint density at radius 3 is 2.69 bits per heavy atom. The topological polar surface area (TPSA) is 99.4 Å². The molecular formula is C10H16N2O4. The Balaban J connectivity index is 3.94. The van der Waals surface area contributed by atoms with Crippen molar-refractivity contribution >= 4 is 11.9 Å². The average molecular weight is 228 g/mol. The summed E-state index contributed by atoms with van der Waals surface area (Å²) in [7, 11) is 1.36. The van der Waals surface area contributed by atoms with Crippen molar-refractivity contribution in [3.8, 4) is 6.07 Å². The molecule has 0 aromatic carbocycles. The SMILES string of the molecule is COCC(=O)N[C@H](CCCCC#N)C(=O)O. The van der Waals surface area contributed by atoms with E-state index in [-0.39, 0.29) is 6.61 Å². The van der Waals surface area contributed by atoms with Gasteiger partial charge in [-0.3, -0.25) is 4.79 Å². The Morgan fingerprint density at radius 1 is 1.50 bits per heavy atom. The molecule has 0 spiro atoms. The summed E-state index contributed by atoms with van der Waals surface area (Å²) >= 11 is 0. The van der Waals surface area contributed by atoms with Gasteiger partial charge < -0.3 is 15.2 Å². The first-order valence-corrected chi connectivity index (χ1v) is 5.00. The van der Waals surface area contributed by atoms with Crippen LogP contribution in [0.4, 0.5) is 0 Å². The summed E-state index contributed by atoms with van der Waals surface area (Å²) in [5, 5.41) is 19.5. The minimum atomic E-state index is -1.07. The van der Waals surface area contributed by atoms with Crippen molar-refractivity contribution in [2.75, 3.05) is 13.7 Å². The molecule has 0 aliphatic heterocycles. The van der Waals surface area contributed by atoms with E-state index in [1.54, 1.807) is 0 Å². The van der Waals surface area contributed by atoms with Gasteiger partial charge in [0.25, 0.3) is 0 Å². The molecule has 6 nitrogen and oxygen atoms in total. The van der Waals surface area contributed by atoms with Crippen molar-refractivity contribution in [3.05, 3.63) is 0 Å². The molecule has 0 heterocycles. The van der Waals surface area contributed by atoms with E-state index >= 15 is 0 Å². The van der Waals surface area contributed by atoms with Crippen molar-refractivity contribution in [3.63, 3.8) is 0 Å². The van der Waals surface area contributed by atoms with Crippen LogP contribution in [0.3, 0.4) is 0 Å². The van der Waals surface area contributed by atoms with Crippen molar-refractivity contribution in [1.82, 2.24) is 5.32 Å². The predicted molar refractivity (Wildman–Crippen MR) is 55.5 cm³/mol. The van der Waals surface area contributed by atoms with Crippen molar-refractivity contribution in [1.29, 1.82) is 5.26 Å². The average Bonchev–Trinajstić information content (AvgIpc) is 2.22. The lowest BCUT2D eigenvalue weighted by molar-refractivity contribution is -0.142. The summed E-state index contributed by atoms with van der Waals surface area (Å²) in [5.41, 5.74) is 0. The first-order valence-electron chi connectivity index (χ1n) is 5.00. The Hall–Kier alpha value is -1.61. The van der Waals surface area contributed by atoms with Crippen LogP contribution in [-0.4, -0.2) is 36.7 Å². The number of methoxy groups -OCH3 is 1. The lowest BCUT2D eigenvalue weighted by Gasteiger charge is -2.13. The second-order valence-corrected chi connectivity index (χ2v) is 3.30. The number of nitrogens with one attached hydrogen (secondary N) is 1. The van der Waals surface area contributed by atoms with Crippen LogP contribution in [0.25, 0.3) is 0 Å². The first kappa shape index (κ1) is 14.4. The van der Waals surface area contributed by atoms with E-state index in [1.165, 1.54) is 7.11 Å². The van der Waals surface area contributed by atoms with E-state index in [1.807, 2.05) is 6.07 Å². The number of amides is 1. The number of aliphatic carboxylic acids is 1. The van der Waals surface area contributed by atoms with E-state index in [9.17, 15) is 9.59 Å². The zero-order valence-electron chi connectivity index (χ0n) is 9.23. The highest BCUT2D eigenvalue weighted by atomic mass is 16.5. The molecule has 0 saturated carbocycles. The highest BCUT2D eigenvalue weighted by Gasteiger charge is 2.18. The number of nitrogens with zero attached hydrogens (tertiary/aromatic N) is 1. The van der Waals surface area contributed by atoms with E-state index in [2.05, 4.69) is 10.1 Å². The lowest BCUT2D eigenvalue weighted by atomic mass is 10.1. The van der Waals surface area contributed by atoms with Crippen molar-refractivity contribution in [2.24, 2.45) is 0 Å². The Labute approximate surface area is 94.2 Å². The highest BCUT2D eigenvalue weighted by Crippen LogP contribution is 2.03. The first-order chi connectivity index (χ1) is 7.61. The van der Waals surface area contributed by atoms with E-state index in [0.29, 0.717) is 25.7 Å². The van der Waals surface area contributed by atoms with Gasteiger partial charge in [0, 0.05) is 13.5 Å². The van der Waals surface area contributed by atoms with Crippen LogP contribution in [0.1, 0.15) is 25.7 Å². The van der Waals surface area contributed by atoms with Gasteiger partial charge in [0.2, 0.25) is 5.91 Å². The number of carboxylic acid groups (broad SMARTS) is 1. The number of nitriles is 1. The van der Waals surface area contributed by atoms with Crippen LogP contribution in [0.5, 0.6) is 0 Å². The Bertz CT molecular complexity index is 272. The fourth-order valence-corrected chi connectivity index (χ4v) is 1.18. The minimum absolute atomic E-state index is 0.151. The summed E-state index contributed by atoms with van der Waals surface area (Å²) in [5.74, 6) is -1.52. The molecule has 0 aromatic rings. The summed E-state index contributed by atoms with van der Waals surface area (Å²) in [6, 6.07) is 1.08. The van der Waals surface area contributed by atoms with Crippen molar-refractivity contribution < 1.29 is 19.4 Å². The molecule has 0 radical (unpaired) electrons. The molecule has 16 heavy (non-hydrogen) atoms. The monoisotopic (exact) mass is 228 g/mol. The van der Waals surface area contributed by atoms with Crippen molar-refractivity contribution in [2.45, 2.75) is 31.7 Å². The summed E-state index contributed by atoms with van der Waals surface area (Å²) in [6.07, 6.45) is 1.96. The number of ether oxygens (including phenoxy) is 1. The number of hydrogen-bond donors (Lipinski definition) is 2. The molecule has 0 unspecified atom stereocenters. The van der Waals surface area contributed by atoms with E-state index in [4.69, 9.17) is 10.4 Å². The summed E-state index contributed by atoms with van der Waals surface area (Å²) < 4.78 is 4.58. The Kier molecular flexibility index (Phi) is 7.81. The molecule has 0 rings (SSSR count). The third-order valence-corrected chi connectivity index (χ3v) is 1.94. The third kappa shape index (κ3) is 6.79. The second-order valence-electron chi connectivity index (χ2n) is 3.30. The van der Waals surface area contributed by atoms with Gasteiger partial charge in [0.05, 0.1) is 6.07 Å². The smallest absolute Gasteiger partial charge is 0.326 e. The zero-order chi connectivity index (χ0) is 12.4. The third-order valence-electron chi connectivity index (χ3n) is 1.94. The normalized spacial score (nSPS) is 11.5. The quantitative estimate of drug-likeness (QED) is 0.581. The molecule has 1 atom stereocenters. The largest absolute Gasteiger partial charge is 0.480 e. The fourth-order valence-electron chi connectivity index (χ4n) is 1.18. The van der Waals surface area contributed by atoms with Gasteiger partial charge in [0.15, 0.2) is 0 Å². The summed E-state index contributed by atoms with van der Waals surface area (Å²) in [6.45, 7) is -0.151. The zero-order valence-corrected chi connectivity index (χ0v) is 9.23. The number of carboxylic acids is 1. The molecular weight excluding hydrogens is 212 g/mol. The van der Waals surface area contributed by atoms with E-state index < -0.39 is 17.9 Å². The number of hydrogen-bond acceptors (Lipinski definition) is 4. The maximum Gasteiger partial charge on any atom is 0.326 e.